The molecule has 2 aromatic rings. The number of rotatable bonds is 2. The van der Waals surface area contributed by atoms with Crippen molar-refractivity contribution >= 4 is 49.5 Å². The van der Waals surface area contributed by atoms with Gasteiger partial charge in [0.25, 0.3) is 0 Å². The molecule has 0 unspecified atom stereocenters. The maximum absolute atomic E-state index is 10.5. The number of hydrogen-bond acceptors (Lipinski definition) is 3. The van der Waals surface area contributed by atoms with Crippen molar-refractivity contribution in [1.82, 2.24) is 4.98 Å². The van der Waals surface area contributed by atoms with Gasteiger partial charge in [0.05, 0.1) is 0 Å². The number of nitrogens with zero attached hydrogens (tertiary/aromatic N) is 1. The molecule has 2 nitrogen and oxygen atoms in total. The Labute approximate surface area is 108 Å². The van der Waals surface area contributed by atoms with E-state index in [2.05, 4.69) is 36.8 Å². The summed E-state index contributed by atoms with van der Waals surface area (Å²) in [5, 5.41) is 2.59. The van der Waals surface area contributed by atoms with E-state index in [0.29, 0.717) is 5.69 Å². The number of carbonyl (C=O) groups excluding carboxylic acids is 1. The molecule has 0 aliphatic rings. The second kappa shape index (κ2) is 4.55. The SMILES string of the molecule is O=Cc1csc(-c2cc(Br)cc(Br)c2)n1. The summed E-state index contributed by atoms with van der Waals surface area (Å²) in [6.45, 7) is 0. The van der Waals surface area contributed by atoms with Crippen LogP contribution < -0.4 is 0 Å². The van der Waals surface area contributed by atoms with Gasteiger partial charge in [0.1, 0.15) is 10.7 Å². The molecule has 0 N–H and O–H groups in total. The van der Waals surface area contributed by atoms with Gasteiger partial charge >= 0.3 is 0 Å². The molecule has 0 saturated carbocycles. The first-order chi connectivity index (χ1) is 7.19. The molecule has 0 aliphatic heterocycles. The van der Waals surface area contributed by atoms with Crippen LogP contribution in [-0.4, -0.2) is 11.3 Å². The Hall–Kier alpha value is -0.520. The monoisotopic (exact) mass is 345 g/mol. The molecule has 0 aliphatic carbocycles. The smallest absolute Gasteiger partial charge is 0.169 e. The van der Waals surface area contributed by atoms with Gasteiger partial charge in [-0.2, -0.15) is 0 Å². The minimum absolute atomic E-state index is 0.478. The van der Waals surface area contributed by atoms with Crippen molar-refractivity contribution in [2.24, 2.45) is 0 Å². The number of hydrogen-bond donors (Lipinski definition) is 0. The summed E-state index contributed by atoms with van der Waals surface area (Å²) in [6, 6.07) is 5.90. The fraction of sp³-hybridized carbons (Fsp3) is 0. The summed E-state index contributed by atoms with van der Waals surface area (Å²) in [4.78, 5) is 14.7. The van der Waals surface area contributed by atoms with Crippen LogP contribution in [0.5, 0.6) is 0 Å². The van der Waals surface area contributed by atoms with E-state index >= 15 is 0 Å². The third-order valence-corrected chi connectivity index (χ3v) is 3.58. The highest BCUT2D eigenvalue weighted by atomic mass is 79.9. The molecule has 0 fully saturated rings. The number of aromatic nitrogens is 1. The largest absolute Gasteiger partial charge is 0.296 e. The van der Waals surface area contributed by atoms with Crippen LogP contribution in [0.3, 0.4) is 0 Å². The van der Waals surface area contributed by atoms with E-state index in [4.69, 9.17) is 0 Å². The Morgan fingerprint density at radius 1 is 1.20 bits per heavy atom. The zero-order valence-electron chi connectivity index (χ0n) is 7.41. The Bertz CT molecular complexity index is 490. The van der Waals surface area contributed by atoms with Gasteiger partial charge in [-0.1, -0.05) is 31.9 Å². The molecular weight excluding hydrogens is 342 g/mol. The van der Waals surface area contributed by atoms with E-state index in [1.54, 1.807) is 5.38 Å². The minimum atomic E-state index is 0.478. The third-order valence-electron chi connectivity index (χ3n) is 1.75. The molecule has 1 aromatic carbocycles. The summed E-state index contributed by atoms with van der Waals surface area (Å²) in [5.41, 5.74) is 1.47. The molecule has 1 aromatic heterocycles. The highest BCUT2D eigenvalue weighted by Gasteiger charge is 2.05. The van der Waals surface area contributed by atoms with Gasteiger partial charge in [-0.25, -0.2) is 4.98 Å². The van der Waals surface area contributed by atoms with Crippen molar-refractivity contribution in [2.45, 2.75) is 0 Å². The lowest BCUT2D eigenvalue weighted by atomic mass is 10.2. The van der Waals surface area contributed by atoms with Gasteiger partial charge in [-0.05, 0) is 18.2 Å². The van der Waals surface area contributed by atoms with Crippen molar-refractivity contribution in [3.63, 3.8) is 0 Å². The molecule has 2 rings (SSSR count). The number of halogens is 2. The fourth-order valence-electron chi connectivity index (χ4n) is 1.15. The Balaban J connectivity index is 2.48. The molecule has 0 spiro atoms. The summed E-state index contributed by atoms with van der Waals surface area (Å²) in [6.07, 6.45) is 0.757. The van der Waals surface area contributed by atoms with E-state index in [1.165, 1.54) is 11.3 Å². The maximum atomic E-state index is 10.5. The van der Waals surface area contributed by atoms with Crippen molar-refractivity contribution in [3.05, 3.63) is 38.2 Å². The molecule has 76 valence electrons. The number of thiazole rings is 1. The second-order valence-corrected chi connectivity index (χ2v) is 5.54. The van der Waals surface area contributed by atoms with Gasteiger partial charge in [0.15, 0.2) is 6.29 Å². The summed E-state index contributed by atoms with van der Waals surface area (Å²) < 4.78 is 1.96. The van der Waals surface area contributed by atoms with Crippen LogP contribution in [0.2, 0.25) is 0 Å². The Kier molecular flexibility index (Phi) is 3.33. The Morgan fingerprint density at radius 3 is 2.40 bits per heavy atom. The van der Waals surface area contributed by atoms with E-state index < -0.39 is 0 Å². The predicted octanol–water partition coefficient (Wildman–Crippen LogP) is 4.15. The molecule has 0 amide bonds. The first kappa shape index (κ1) is 11.0. The van der Waals surface area contributed by atoms with Gasteiger partial charge in [0, 0.05) is 19.9 Å². The van der Waals surface area contributed by atoms with Crippen molar-refractivity contribution in [2.75, 3.05) is 0 Å². The first-order valence-corrected chi connectivity index (χ1v) is 6.53. The molecule has 0 saturated heterocycles. The summed E-state index contributed by atoms with van der Waals surface area (Å²) >= 11 is 8.28. The van der Waals surface area contributed by atoms with Crippen LogP contribution in [-0.2, 0) is 0 Å². The lowest BCUT2D eigenvalue weighted by molar-refractivity contribution is 0.111. The predicted molar refractivity (Wildman–Crippen MR) is 68.3 cm³/mol. The average Bonchev–Trinajstić information content (AvgIpc) is 2.64. The highest BCUT2D eigenvalue weighted by molar-refractivity contribution is 9.11. The molecule has 1 heterocycles. The first-order valence-electron chi connectivity index (χ1n) is 4.06. The molecule has 15 heavy (non-hydrogen) atoms. The van der Waals surface area contributed by atoms with Crippen LogP contribution in [0.25, 0.3) is 10.6 Å². The lowest BCUT2D eigenvalue weighted by Crippen LogP contribution is -1.80. The zero-order valence-corrected chi connectivity index (χ0v) is 11.4. The van der Waals surface area contributed by atoms with Crippen LogP contribution in [0.1, 0.15) is 10.5 Å². The normalized spacial score (nSPS) is 10.3. The number of aldehydes is 1. The van der Waals surface area contributed by atoms with Gasteiger partial charge in [0.2, 0.25) is 0 Å². The molecule has 5 heteroatoms. The third kappa shape index (κ3) is 2.53. The highest BCUT2D eigenvalue weighted by Crippen LogP contribution is 2.29. The van der Waals surface area contributed by atoms with Crippen molar-refractivity contribution < 1.29 is 4.79 Å². The van der Waals surface area contributed by atoms with Crippen LogP contribution >= 0.6 is 43.2 Å². The molecule has 0 atom stereocenters. The van der Waals surface area contributed by atoms with Crippen molar-refractivity contribution in [3.8, 4) is 10.6 Å². The van der Waals surface area contributed by atoms with Gasteiger partial charge in [-0.15, -0.1) is 11.3 Å². The van der Waals surface area contributed by atoms with E-state index in [1.807, 2.05) is 18.2 Å². The average molecular weight is 347 g/mol. The van der Waals surface area contributed by atoms with E-state index in [0.717, 1.165) is 25.8 Å². The van der Waals surface area contributed by atoms with Crippen molar-refractivity contribution in [1.29, 1.82) is 0 Å². The van der Waals surface area contributed by atoms with Gasteiger partial charge < -0.3 is 0 Å². The molecule has 0 bridgehead atoms. The lowest BCUT2D eigenvalue weighted by Gasteiger charge is -1.98. The second-order valence-electron chi connectivity index (χ2n) is 2.85. The summed E-state index contributed by atoms with van der Waals surface area (Å²) in [5.74, 6) is 0. The van der Waals surface area contributed by atoms with E-state index in [9.17, 15) is 4.79 Å². The minimum Gasteiger partial charge on any atom is -0.296 e. The van der Waals surface area contributed by atoms with Gasteiger partial charge in [-0.3, -0.25) is 4.79 Å². The Morgan fingerprint density at radius 2 is 1.87 bits per heavy atom. The van der Waals surface area contributed by atoms with Crippen LogP contribution in [0.4, 0.5) is 0 Å². The topological polar surface area (TPSA) is 30.0 Å². The maximum Gasteiger partial charge on any atom is 0.169 e. The van der Waals surface area contributed by atoms with Crippen LogP contribution in [0.15, 0.2) is 32.5 Å². The molecular formula is C10H5Br2NOS. The number of benzene rings is 1. The summed E-state index contributed by atoms with van der Waals surface area (Å²) in [7, 11) is 0. The van der Waals surface area contributed by atoms with Crippen LogP contribution in [0, 0.1) is 0 Å². The molecule has 0 radical (unpaired) electrons. The standard InChI is InChI=1S/C10H5Br2NOS/c11-7-1-6(2-8(12)3-7)10-13-9(4-14)5-15-10/h1-5H. The number of carbonyl (C=O) groups is 1. The van der Waals surface area contributed by atoms with E-state index in [-0.39, 0.29) is 0 Å². The zero-order chi connectivity index (χ0) is 10.8. The fourth-order valence-corrected chi connectivity index (χ4v) is 3.20. The quantitative estimate of drug-likeness (QED) is 0.764.